The van der Waals surface area contributed by atoms with Crippen LogP contribution in [0.15, 0.2) is 54.9 Å². The van der Waals surface area contributed by atoms with E-state index < -0.39 is 17.6 Å². The van der Waals surface area contributed by atoms with E-state index >= 15 is 0 Å². The number of nitrogens with one attached hydrogen (secondary N) is 1. The van der Waals surface area contributed by atoms with Gasteiger partial charge in [-0.3, -0.25) is 14.8 Å². The summed E-state index contributed by atoms with van der Waals surface area (Å²) in [5.41, 5.74) is 2.11. The Hall–Kier alpha value is -3.22. The molecule has 0 aliphatic rings. The number of pyridine rings is 2. The number of alkyl halides is 3. The molecule has 0 fully saturated rings. The van der Waals surface area contributed by atoms with Crippen LogP contribution in [-0.2, 0) is 12.7 Å². The van der Waals surface area contributed by atoms with Crippen molar-refractivity contribution in [2.45, 2.75) is 26.6 Å². The molecule has 4 nitrogen and oxygen atoms in total. The Morgan fingerprint density at radius 1 is 1.00 bits per heavy atom. The Morgan fingerprint density at radius 2 is 1.79 bits per heavy atom. The Bertz CT molecular complexity index is 981. The third-order valence-corrected chi connectivity index (χ3v) is 4.16. The second kappa shape index (κ2) is 7.80. The van der Waals surface area contributed by atoms with Crippen LogP contribution in [0.2, 0.25) is 0 Å². The van der Waals surface area contributed by atoms with Gasteiger partial charge in [-0.15, -0.1) is 0 Å². The molecule has 0 atom stereocenters. The van der Waals surface area contributed by atoms with Crippen molar-refractivity contribution >= 4 is 5.91 Å². The first-order valence-corrected chi connectivity index (χ1v) is 8.57. The Morgan fingerprint density at radius 3 is 2.39 bits per heavy atom. The van der Waals surface area contributed by atoms with Crippen molar-refractivity contribution in [2.24, 2.45) is 0 Å². The molecular weight excluding hydrogens is 367 g/mol. The molecule has 0 saturated carbocycles. The highest BCUT2D eigenvalue weighted by atomic mass is 19.4. The first-order valence-electron chi connectivity index (χ1n) is 8.57. The molecule has 0 radical (unpaired) electrons. The van der Waals surface area contributed by atoms with Crippen molar-refractivity contribution in [1.82, 2.24) is 15.3 Å². The maximum atomic E-state index is 13.3. The molecule has 7 heteroatoms. The molecule has 1 aromatic carbocycles. The van der Waals surface area contributed by atoms with Crippen molar-refractivity contribution in [3.8, 4) is 11.3 Å². The van der Waals surface area contributed by atoms with E-state index in [-0.39, 0.29) is 17.7 Å². The van der Waals surface area contributed by atoms with Gasteiger partial charge >= 0.3 is 6.18 Å². The summed E-state index contributed by atoms with van der Waals surface area (Å²) in [7, 11) is 0. The first kappa shape index (κ1) is 19.5. The molecule has 0 spiro atoms. The van der Waals surface area contributed by atoms with Crippen molar-refractivity contribution < 1.29 is 18.0 Å². The molecule has 0 unspecified atom stereocenters. The van der Waals surface area contributed by atoms with Crippen LogP contribution < -0.4 is 5.32 Å². The largest absolute Gasteiger partial charge is 0.416 e. The third kappa shape index (κ3) is 4.73. The molecule has 2 aromatic heterocycles. The number of hydrogen-bond acceptors (Lipinski definition) is 3. The average Bonchev–Trinajstić information content (AvgIpc) is 2.67. The fraction of sp³-hybridized carbons (Fsp3) is 0.190. The summed E-state index contributed by atoms with van der Waals surface area (Å²) in [6.45, 7) is 3.84. The van der Waals surface area contributed by atoms with E-state index in [4.69, 9.17) is 0 Å². The minimum absolute atomic E-state index is 0.0766. The van der Waals surface area contributed by atoms with Crippen LogP contribution in [0, 0.1) is 13.8 Å². The number of aromatic nitrogens is 2. The zero-order chi connectivity index (χ0) is 20.3. The van der Waals surface area contributed by atoms with Crippen LogP contribution >= 0.6 is 0 Å². The summed E-state index contributed by atoms with van der Waals surface area (Å²) in [4.78, 5) is 20.8. The number of carbonyl (C=O) groups is 1. The summed E-state index contributed by atoms with van der Waals surface area (Å²) in [6, 6.07) is 10.2. The maximum absolute atomic E-state index is 13.3. The number of hydrogen-bond donors (Lipinski definition) is 1. The maximum Gasteiger partial charge on any atom is 0.416 e. The third-order valence-electron chi connectivity index (χ3n) is 4.16. The highest BCUT2D eigenvalue weighted by Crippen LogP contribution is 2.33. The van der Waals surface area contributed by atoms with Crippen molar-refractivity contribution in [3.05, 3.63) is 82.8 Å². The summed E-state index contributed by atoms with van der Waals surface area (Å²) in [5, 5.41) is 2.63. The van der Waals surface area contributed by atoms with Gasteiger partial charge < -0.3 is 5.32 Å². The van der Waals surface area contributed by atoms with Crippen LogP contribution in [0.5, 0.6) is 0 Å². The average molecular weight is 385 g/mol. The molecule has 3 aromatic rings. The van der Waals surface area contributed by atoms with E-state index in [1.807, 2.05) is 13.8 Å². The van der Waals surface area contributed by atoms with Gasteiger partial charge in [0.25, 0.3) is 5.91 Å². The topological polar surface area (TPSA) is 54.9 Å². The lowest BCUT2D eigenvalue weighted by Crippen LogP contribution is -2.23. The van der Waals surface area contributed by atoms with Gasteiger partial charge in [-0.05, 0) is 55.3 Å². The summed E-state index contributed by atoms with van der Waals surface area (Å²) < 4.78 is 40.0. The smallest absolute Gasteiger partial charge is 0.348 e. The highest BCUT2D eigenvalue weighted by Gasteiger charge is 2.32. The fourth-order valence-electron chi connectivity index (χ4n) is 2.60. The number of nitrogens with zero attached hydrogens (tertiary/aromatic N) is 2. The monoisotopic (exact) mass is 385 g/mol. The van der Waals surface area contributed by atoms with E-state index in [1.54, 1.807) is 36.7 Å². The number of halogens is 3. The lowest BCUT2D eigenvalue weighted by atomic mass is 10.0. The van der Waals surface area contributed by atoms with Crippen LogP contribution in [0.25, 0.3) is 11.3 Å². The zero-order valence-corrected chi connectivity index (χ0v) is 15.3. The zero-order valence-electron chi connectivity index (χ0n) is 15.3. The molecule has 0 aliphatic carbocycles. The van der Waals surface area contributed by atoms with Crippen molar-refractivity contribution in [1.29, 1.82) is 0 Å². The molecule has 28 heavy (non-hydrogen) atoms. The Labute approximate surface area is 160 Å². The molecule has 2 heterocycles. The lowest BCUT2D eigenvalue weighted by molar-refractivity contribution is -0.137. The number of aryl methyl sites for hydroxylation is 2. The van der Waals surface area contributed by atoms with Crippen molar-refractivity contribution in [3.63, 3.8) is 0 Å². The van der Waals surface area contributed by atoms with Gasteiger partial charge in [-0.25, -0.2) is 0 Å². The number of benzene rings is 1. The van der Waals surface area contributed by atoms with Crippen LogP contribution in [0.1, 0.15) is 32.7 Å². The number of carbonyl (C=O) groups excluding carboxylic acids is 1. The molecule has 1 N–H and O–H groups in total. The molecule has 144 valence electrons. The van der Waals surface area contributed by atoms with Gasteiger partial charge in [-0.2, -0.15) is 13.2 Å². The highest BCUT2D eigenvalue weighted by molar-refractivity contribution is 5.95. The summed E-state index contributed by atoms with van der Waals surface area (Å²) in [5.74, 6) is -0.597. The quantitative estimate of drug-likeness (QED) is 0.708. The predicted octanol–water partition coefficient (Wildman–Crippen LogP) is 4.71. The molecule has 0 bridgehead atoms. The predicted molar refractivity (Wildman–Crippen MR) is 99.6 cm³/mol. The molecule has 0 saturated heterocycles. The second-order valence-corrected chi connectivity index (χ2v) is 6.51. The van der Waals surface area contributed by atoms with E-state index in [2.05, 4.69) is 15.3 Å². The lowest BCUT2D eigenvalue weighted by Gasteiger charge is -2.13. The van der Waals surface area contributed by atoms with Crippen LogP contribution in [0.3, 0.4) is 0 Å². The first-order chi connectivity index (χ1) is 13.2. The van der Waals surface area contributed by atoms with Gasteiger partial charge in [-0.1, -0.05) is 12.1 Å². The van der Waals surface area contributed by atoms with Gasteiger partial charge in [0, 0.05) is 35.8 Å². The van der Waals surface area contributed by atoms with Crippen LogP contribution in [-0.4, -0.2) is 15.9 Å². The van der Waals surface area contributed by atoms with E-state index in [0.29, 0.717) is 5.69 Å². The van der Waals surface area contributed by atoms with Crippen LogP contribution in [0.4, 0.5) is 13.2 Å². The number of amides is 1. The van der Waals surface area contributed by atoms with Gasteiger partial charge in [0.2, 0.25) is 0 Å². The van der Waals surface area contributed by atoms with E-state index in [0.717, 1.165) is 29.0 Å². The molecule has 0 aliphatic heterocycles. The SMILES string of the molecule is Cc1ccc(-c2cc(C(=O)NCc3ccc(C)nc3)cc(C(F)(F)F)c2)nc1. The van der Waals surface area contributed by atoms with E-state index in [9.17, 15) is 18.0 Å². The fourth-order valence-corrected chi connectivity index (χ4v) is 2.60. The summed E-state index contributed by atoms with van der Waals surface area (Å²) >= 11 is 0. The van der Waals surface area contributed by atoms with Crippen molar-refractivity contribution in [2.75, 3.05) is 0 Å². The number of rotatable bonds is 4. The summed E-state index contributed by atoms with van der Waals surface area (Å²) in [6.07, 6.45) is -1.39. The standard InChI is InChI=1S/C21H18F3N3O/c1-13-3-6-19(26-10-13)16-7-17(9-18(8-16)21(22,23)24)20(28)27-12-15-5-4-14(2)25-11-15/h3-11H,12H2,1-2H3,(H,27,28). The van der Waals surface area contributed by atoms with Gasteiger partial charge in [0.1, 0.15) is 0 Å². The van der Waals surface area contributed by atoms with Gasteiger partial charge in [0.05, 0.1) is 11.3 Å². The van der Waals surface area contributed by atoms with E-state index in [1.165, 1.54) is 6.07 Å². The molecule has 1 amide bonds. The normalized spacial score (nSPS) is 11.3. The van der Waals surface area contributed by atoms with Gasteiger partial charge in [0.15, 0.2) is 0 Å². The minimum Gasteiger partial charge on any atom is -0.348 e. The molecular formula is C21H18F3N3O. The Balaban J connectivity index is 1.90. The Kier molecular flexibility index (Phi) is 5.44. The minimum atomic E-state index is -4.57. The molecule has 3 rings (SSSR count). The second-order valence-electron chi connectivity index (χ2n) is 6.51.